The quantitative estimate of drug-likeness (QED) is 0.484. The fourth-order valence-electron chi connectivity index (χ4n) is 1.94. The number of methoxy groups -OCH3 is 1. The number of rotatable bonds is 7. The number of pyridine rings is 1. The van der Waals surface area contributed by atoms with E-state index in [1.807, 2.05) is 12.1 Å². The molecule has 96 valence electrons. The highest BCUT2D eigenvalue weighted by Crippen LogP contribution is 2.12. The molecule has 0 amide bonds. The number of nitrogens with two attached hydrogens (primary N) is 2. The first-order valence-electron chi connectivity index (χ1n) is 5.90. The van der Waals surface area contributed by atoms with Gasteiger partial charge in [-0.05, 0) is 30.5 Å². The molecule has 1 aromatic rings. The summed E-state index contributed by atoms with van der Waals surface area (Å²) < 4.78 is 5.46. The Hall–Kier alpha value is -1.17. The zero-order chi connectivity index (χ0) is 12.7. The fourth-order valence-corrected chi connectivity index (χ4v) is 1.94. The van der Waals surface area contributed by atoms with Gasteiger partial charge in [0.05, 0.1) is 12.1 Å². The Balaban J connectivity index is 2.68. The Morgan fingerprint density at radius 1 is 1.53 bits per heavy atom. The van der Waals surface area contributed by atoms with Crippen LogP contribution in [0.25, 0.3) is 0 Å². The van der Waals surface area contributed by atoms with Gasteiger partial charge in [0, 0.05) is 13.3 Å². The second-order valence-electron chi connectivity index (χ2n) is 4.13. The molecule has 0 saturated carbocycles. The number of hydrogen-bond acceptors (Lipinski definition) is 5. The number of nitrogens with zero attached hydrogens (tertiary/aromatic N) is 1. The summed E-state index contributed by atoms with van der Waals surface area (Å²) in [5.41, 5.74) is 9.58. The monoisotopic (exact) mass is 238 g/mol. The standard InChI is InChI=1S/C12H22N4O/c1-3-4-11(17-2)10(16-14)7-9-5-6-15-12(13)8-9/h5-6,8,10-11,16H,3-4,7,14H2,1-2H3,(H2,13,15). The number of hydrogen-bond donors (Lipinski definition) is 3. The second-order valence-corrected chi connectivity index (χ2v) is 4.13. The van der Waals surface area contributed by atoms with Gasteiger partial charge in [0.1, 0.15) is 5.82 Å². The molecule has 0 radical (unpaired) electrons. The minimum atomic E-state index is 0.0850. The lowest BCUT2D eigenvalue weighted by Gasteiger charge is -2.25. The van der Waals surface area contributed by atoms with Crippen molar-refractivity contribution in [3.63, 3.8) is 0 Å². The van der Waals surface area contributed by atoms with Crippen LogP contribution in [0.3, 0.4) is 0 Å². The molecule has 5 N–H and O–H groups in total. The lowest BCUT2D eigenvalue weighted by atomic mass is 9.99. The summed E-state index contributed by atoms with van der Waals surface area (Å²) >= 11 is 0. The lowest BCUT2D eigenvalue weighted by molar-refractivity contribution is 0.0609. The smallest absolute Gasteiger partial charge is 0.123 e. The Bertz CT molecular complexity index is 332. The number of nitrogens with one attached hydrogen (secondary N) is 1. The van der Waals surface area contributed by atoms with E-state index >= 15 is 0 Å². The van der Waals surface area contributed by atoms with Crippen LogP contribution in [0.2, 0.25) is 0 Å². The zero-order valence-electron chi connectivity index (χ0n) is 10.5. The number of hydrazine groups is 1. The summed E-state index contributed by atoms with van der Waals surface area (Å²) in [5, 5.41) is 0. The molecule has 0 saturated heterocycles. The summed E-state index contributed by atoms with van der Waals surface area (Å²) in [4.78, 5) is 3.97. The number of aromatic nitrogens is 1. The van der Waals surface area contributed by atoms with Crippen LogP contribution in [0.15, 0.2) is 18.3 Å². The maximum Gasteiger partial charge on any atom is 0.123 e. The van der Waals surface area contributed by atoms with E-state index in [-0.39, 0.29) is 12.1 Å². The van der Waals surface area contributed by atoms with Crippen molar-refractivity contribution in [1.29, 1.82) is 0 Å². The van der Waals surface area contributed by atoms with Crippen molar-refractivity contribution in [2.75, 3.05) is 12.8 Å². The molecule has 0 fully saturated rings. The van der Waals surface area contributed by atoms with Gasteiger partial charge in [-0.3, -0.25) is 11.3 Å². The van der Waals surface area contributed by atoms with E-state index in [2.05, 4.69) is 17.3 Å². The van der Waals surface area contributed by atoms with Crippen molar-refractivity contribution in [2.24, 2.45) is 5.84 Å². The van der Waals surface area contributed by atoms with Gasteiger partial charge < -0.3 is 10.5 Å². The van der Waals surface area contributed by atoms with E-state index in [0.29, 0.717) is 5.82 Å². The summed E-state index contributed by atoms with van der Waals surface area (Å²) in [7, 11) is 1.71. The third-order valence-electron chi connectivity index (χ3n) is 2.84. The van der Waals surface area contributed by atoms with Crippen molar-refractivity contribution < 1.29 is 4.74 Å². The average molecular weight is 238 g/mol. The first-order valence-corrected chi connectivity index (χ1v) is 5.90. The Kier molecular flexibility index (Phi) is 5.90. The Morgan fingerprint density at radius 2 is 2.29 bits per heavy atom. The summed E-state index contributed by atoms with van der Waals surface area (Å²) in [5.74, 6) is 6.12. The van der Waals surface area contributed by atoms with Crippen molar-refractivity contribution >= 4 is 5.82 Å². The van der Waals surface area contributed by atoms with Crippen LogP contribution in [0, 0.1) is 0 Å². The minimum Gasteiger partial charge on any atom is -0.384 e. The van der Waals surface area contributed by atoms with Gasteiger partial charge in [-0.2, -0.15) is 0 Å². The third kappa shape index (κ3) is 4.30. The zero-order valence-corrected chi connectivity index (χ0v) is 10.5. The molecule has 2 atom stereocenters. The van der Waals surface area contributed by atoms with Gasteiger partial charge in [-0.25, -0.2) is 4.98 Å². The molecular weight excluding hydrogens is 216 g/mol. The molecule has 0 aliphatic heterocycles. The van der Waals surface area contributed by atoms with Crippen LogP contribution in [0.1, 0.15) is 25.3 Å². The SMILES string of the molecule is CCCC(OC)C(Cc1ccnc(N)c1)NN. The number of anilines is 1. The molecule has 0 bridgehead atoms. The van der Waals surface area contributed by atoms with E-state index in [4.69, 9.17) is 16.3 Å². The predicted octanol–water partition coefficient (Wildman–Crippen LogP) is 0.853. The van der Waals surface area contributed by atoms with Crippen LogP contribution in [-0.4, -0.2) is 24.2 Å². The first kappa shape index (κ1) is 13.9. The second kappa shape index (κ2) is 7.21. The van der Waals surface area contributed by atoms with Gasteiger partial charge >= 0.3 is 0 Å². The van der Waals surface area contributed by atoms with Crippen molar-refractivity contribution in [3.8, 4) is 0 Å². The van der Waals surface area contributed by atoms with Crippen molar-refractivity contribution in [1.82, 2.24) is 10.4 Å². The minimum absolute atomic E-state index is 0.0850. The van der Waals surface area contributed by atoms with Gasteiger partial charge in [-0.15, -0.1) is 0 Å². The molecule has 0 aliphatic rings. The van der Waals surface area contributed by atoms with Crippen LogP contribution in [0.5, 0.6) is 0 Å². The molecule has 2 unspecified atom stereocenters. The highest BCUT2D eigenvalue weighted by Gasteiger charge is 2.19. The molecule has 1 aromatic heterocycles. The molecule has 5 heteroatoms. The highest BCUT2D eigenvalue weighted by molar-refractivity contribution is 5.32. The molecule has 1 rings (SSSR count). The van der Waals surface area contributed by atoms with E-state index in [9.17, 15) is 0 Å². The fraction of sp³-hybridized carbons (Fsp3) is 0.583. The topological polar surface area (TPSA) is 86.2 Å². The Morgan fingerprint density at radius 3 is 2.82 bits per heavy atom. The summed E-state index contributed by atoms with van der Waals surface area (Å²) in [6.07, 6.45) is 4.64. The molecule has 0 aliphatic carbocycles. The van der Waals surface area contributed by atoms with E-state index < -0.39 is 0 Å². The molecule has 0 aromatic carbocycles. The van der Waals surface area contributed by atoms with Gasteiger partial charge in [0.15, 0.2) is 0 Å². The van der Waals surface area contributed by atoms with Crippen LogP contribution in [0.4, 0.5) is 5.82 Å². The number of ether oxygens (including phenoxy) is 1. The maximum atomic E-state index is 5.65. The summed E-state index contributed by atoms with van der Waals surface area (Å²) in [6.45, 7) is 2.13. The largest absolute Gasteiger partial charge is 0.384 e. The predicted molar refractivity (Wildman–Crippen MR) is 69.2 cm³/mol. The molecule has 5 nitrogen and oxygen atoms in total. The van der Waals surface area contributed by atoms with Crippen LogP contribution >= 0.6 is 0 Å². The van der Waals surface area contributed by atoms with E-state index in [0.717, 1.165) is 24.8 Å². The molecular formula is C12H22N4O. The van der Waals surface area contributed by atoms with Crippen LogP contribution < -0.4 is 17.0 Å². The van der Waals surface area contributed by atoms with Crippen molar-refractivity contribution in [3.05, 3.63) is 23.9 Å². The molecule has 0 spiro atoms. The first-order chi connectivity index (χ1) is 8.21. The summed E-state index contributed by atoms with van der Waals surface area (Å²) in [6, 6.07) is 3.89. The lowest BCUT2D eigenvalue weighted by Crippen LogP contribution is -2.46. The average Bonchev–Trinajstić information content (AvgIpc) is 2.33. The van der Waals surface area contributed by atoms with E-state index in [1.54, 1.807) is 13.3 Å². The normalized spacial score (nSPS) is 14.5. The maximum absolute atomic E-state index is 5.65. The third-order valence-corrected chi connectivity index (χ3v) is 2.84. The molecule has 17 heavy (non-hydrogen) atoms. The van der Waals surface area contributed by atoms with Crippen LogP contribution in [-0.2, 0) is 11.2 Å². The van der Waals surface area contributed by atoms with Gasteiger partial charge in [-0.1, -0.05) is 13.3 Å². The molecule has 1 heterocycles. The van der Waals surface area contributed by atoms with Crippen molar-refractivity contribution in [2.45, 2.75) is 38.3 Å². The number of nitrogen functional groups attached to an aromatic ring is 1. The highest BCUT2D eigenvalue weighted by atomic mass is 16.5. The Labute approximate surface area is 103 Å². The van der Waals surface area contributed by atoms with Gasteiger partial charge in [0.25, 0.3) is 0 Å². The van der Waals surface area contributed by atoms with E-state index in [1.165, 1.54) is 0 Å². The van der Waals surface area contributed by atoms with Gasteiger partial charge in [0.2, 0.25) is 0 Å².